The molecule has 1 fully saturated rings. The van der Waals surface area contributed by atoms with E-state index in [2.05, 4.69) is 10.2 Å². The second-order valence-corrected chi connectivity index (χ2v) is 8.81. The van der Waals surface area contributed by atoms with Crippen LogP contribution in [0, 0.1) is 0 Å². The molecule has 1 N–H and O–H groups in total. The average molecular weight is 510 g/mol. The van der Waals surface area contributed by atoms with Gasteiger partial charge in [0.2, 0.25) is 0 Å². The number of halogens is 2. The van der Waals surface area contributed by atoms with Crippen LogP contribution in [0.4, 0.5) is 11.4 Å². The normalized spacial score (nSPS) is 13.7. The predicted octanol–water partition coefficient (Wildman–Crippen LogP) is 6.06. The molecule has 2 aromatic heterocycles. The van der Waals surface area contributed by atoms with Crippen molar-refractivity contribution in [1.29, 1.82) is 0 Å². The van der Waals surface area contributed by atoms with Gasteiger partial charge in [-0.25, -0.2) is 0 Å². The quantitative estimate of drug-likeness (QED) is 0.353. The van der Waals surface area contributed by atoms with E-state index in [1.807, 2.05) is 24.3 Å². The van der Waals surface area contributed by atoms with Crippen molar-refractivity contribution in [2.45, 2.75) is 0 Å². The van der Waals surface area contributed by atoms with Gasteiger partial charge in [0.15, 0.2) is 11.5 Å². The van der Waals surface area contributed by atoms with E-state index in [1.54, 1.807) is 47.4 Å². The van der Waals surface area contributed by atoms with Crippen LogP contribution in [0.1, 0.15) is 21.1 Å². The first kappa shape index (κ1) is 23.1. The molecule has 0 aliphatic carbocycles. The Balaban J connectivity index is 1.19. The first-order valence-corrected chi connectivity index (χ1v) is 11.8. The van der Waals surface area contributed by atoms with Crippen molar-refractivity contribution in [2.24, 2.45) is 0 Å². The number of hydrogen-bond donors (Lipinski definition) is 1. The fourth-order valence-electron chi connectivity index (χ4n) is 3.97. The third-order valence-corrected chi connectivity index (χ3v) is 6.65. The molecule has 178 valence electrons. The zero-order valence-corrected chi connectivity index (χ0v) is 20.1. The highest BCUT2D eigenvalue weighted by Gasteiger charge is 2.24. The molecule has 0 radical (unpaired) electrons. The van der Waals surface area contributed by atoms with E-state index in [0.29, 0.717) is 59.0 Å². The van der Waals surface area contributed by atoms with Crippen molar-refractivity contribution in [3.63, 3.8) is 0 Å². The molecule has 4 aromatic rings. The van der Waals surface area contributed by atoms with Crippen LogP contribution in [0.5, 0.6) is 0 Å². The molecule has 35 heavy (non-hydrogen) atoms. The molecule has 9 heteroatoms. The molecule has 7 nitrogen and oxygen atoms in total. The molecule has 1 aliphatic heterocycles. The fourth-order valence-corrected chi connectivity index (χ4v) is 4.36. The topological polar surface area (TPSA) is 78.9 Å². The molecular weight excluding hydrogens is 489 g/mol. The van der Waals surface area contributed by atoms with Gasteiger partial charge in [-0.15, -0.1) is 0 Å². The number of furan rings is 2. The van der Waals surface area contributed by atoms with Gasteiger partial charge in [0, 0.05) is 43.1 Å². The zero-order chi connectivity index (χ0) is 24.4. The van der Waals surface area contributed by atoms with Crippen LogP contribution in [0.25, 0.3) is 11.3 Å². The molecule has 1 aliphatic rings. The molecule has 2 aromatic carbocycles. The molecule has 0 bridgehead atoms. The minimum absolute atomic E-state index is 0.0913. The van der Waals surface area contributed by atoms with Gasteiger partial charge in [0.05, 0.1) is 16.3 Å². The lowest BCUT2D eigenvalue weighted by Crippen LogP contribution is -2.48. The average Bonchev–Trinajstić information content (AvgIpc) is 3.59. The van der Waals surface area contributed by atoms with Crippen molar-refractivity contribution < 1.29 is 18.4 Å². The first-order chi connectivity index (χ1) is 17.0. The van der Waals surface area contributed by atoms with Crippen LogP contribution in [0.15, 0.2) is 81.8 Å². The molecule has 5 rings (SSSR count). The Kier molecular flexibility index (Phi) is 6.53. The summed E-state index contributed by atoms with van der Waals surface area (Å²) in [5, 5.41) is 3.63. The van der Waals surface area contributed by atoms with Crippen molar-refractivity contribution >= 4 is 46.4 Å². The van der Waals surface area contributed by atoms with Gasteiger partial charge in [-0.2, -0.15) is 0 Å². The van der Waals surface area contributed by atoms with Crippen molar-refractivity contribution in [2.75, 3.05) is 36.4 Å². The number of hydrogen-bond acceptors (Lipinski definition) is 5. The van der Waals surface area contributed by atoms with Crippen LogP contribution in [-0.2, 0) is 0 Å². The van der Waals surface area contributed by atoms with Crippen LogP contribution in [0.2, 0.25) is 10.0 Å². The second-order valence-electron chi connectivity index (χ2n) is 8.02. The lowest BCUT2D eigenvalue weighted by molar-refractivity contribution is 0.0714. The maximum absolute atomic E-state index is 12.7. The van der Waals surface area contributed by atoms with E-state index in [4.69, 9.17) is 32.0 Å². The van der Waals surface area contributed by atoms with Gasteiger partial charge in [0.1, 0.15) is 5.76 Å². The highest BCUT2D eigenvalue weighted by atomic mass is 35.5. The summed E-state index contributed by atoms with van der Waals surface area (Å²) >= 11 is 12.3. The molecule has 3 heterocycles. The Morgan fingerprint density at radius 2 is 1.60 bits per heavy atom. The lowest BCUT2D eigenvalue weighted by Gasteiger charge is -2.35. The van der Waals surface area contributed by atoms with Crippen molar-refractivity contribution in [3.8, 4) is 11.3 Å². The van der Waals surface area contributed by atoms with Crippen LogP contribution >= 0.6 is 23.2 Å². The smallest absolute Gasteiger partial charge is 0.291 e. The number of carbonyl (C=O) groups excluding carboxylic acids is 2. The summed E-state index contributed by atoms with van der Waals surface area (Å²) in [5.41, 5.74) is 2.28. The highest BCUT2D eigenvalue weighted by Crippen LogP contribution is 2.34. The maximum atomic E-state index is 12.7. The van der Waals surface area contributed by atoms with Crippen LogP contribution < -0.4 is 10.2 Å². The number of anilines is 2. The van der Waals surface area contributed by atoms with Gasteiger partial charge in [-0.1, -0.05) is 29.3 Å². The van der Waals surface area contributed by atoms with Gasteiger partial charge in [-0.05, 0) is 60.7 Å². The Labute approximate surface area is 211 Å². The number of carbonyl (C=O) groups is 2. The second kappa shape index (κ2) is 9.90. The van der Waals surface area contributed by atoms with Crippen LogP contribution in [0.3, 0.4) is 0 Å². The third kappa shape index (κ3) is 4.92. The zero-order valence-electron chi connectivity index (χ0n) is 18.5. The predicted molar refractivity (Wildman–Crippen MR) is 135 cm³/mol. The first-order valence-electron chi connectivity index (χ1n) is 11.0. The van der Waals surface area contributed by atoms with E-state index < -0.39 is 0 Å². The van der Waals surface area contributed by atoms with Crippen molar-refractivity contribution in [1.82, 2.24) is 4.90 Å². The Morgan fingerprint density at radius 1 is 0.829 bits per heavy atom. The van der Waals surface area contributed by atoms with Gasteiger partial charge < -0.3 is 24.0 Å². The minimum atomic E-state index is -0.368. The monoisotopic (exact) mass is 509 g/mol. The van der Waals surface area contributed by atoms with Gasteiger partial charge in [0.25, 0.3) is 11.8 Å². The summed E-state index contributed by atoms with van der Waals surface area (Å²) in [4.78, 5) is 29.1. The largest absolute Gasteiger partial charge is 0.459 e. The molecule has 2 amide bonds. The van der Waals surface area contributed by atoms with E-state index in [0.717, 1.165) is 5.69 Å². The maximum Gasteiger partial charge on any atom is 0.291 e. The molecule has 0 atom stereocenters. The fraction of sp³-hybridized carbons (Fsp3) is 0.154. The standard InChI is InChI=1S/C26H21Cl2N3O4/c27-20-4-1-3-19(24(20)28)21-10-11-22(35-21)25(32)29-17-6-8-18(9-7-17)30-12-14-31(15-13-30)26(33)23-5-2-16-34-23/h1-11,16H,12-15H2,(H,29,32). The summed E-state index contributed by atoms with van der Waals surface area (Å²) in [7, 11) is 0. The van der Waals surface area contributed by atoms with E-state index in [9.17, 15) is 9.59 Å². The third-order valence-electron chi connectivity index (χ3n) is 5.84. The van der Waals surface area contributed by atoms with Gasteiger partial charge in [-0.3, -0.25) is 9.59 Å². The van der Waals surface area contributed by atoms with E-state index in [1.165, 1.54) is 6.26 Å². The Hall–Kier alpha value is -3.68. The summed E-state index contributed by atoms with van der Waals surface area (Å²) < 4.78 is 10.9. The number of nitrogens with one attached hydrogen (secondary N) is 1. The highest BCUT2D eigenvalue weighted by molar-refractivity contribution is 6.43. The summed E-state index contributed by atoms with van der Waals surface area (Å²) in [5.74, 6) is 0.525. The summed E-state index contributed by atoms with van der Waals surface area (Å²) in [6.07, 6.45) is 1.50. The Bertz CT molecular complexity index is 1340. The molecule has 1 saturated heterocycles. The number of nitrogens with zero attached hydrogens (tertiary/aromatic N) is 2. The molecule has 0 unspecified atom stereocenters. The number of benzene rings is 2. The summed E-state index contributed by atoms with van der Waals surface area (Å²) in [6.45, 7) is 2.63. The molecule has 0 spiro atoms. The molecule has 0 saturated carbocycles. The minimum Gasteiger partial charge on any atom is -0.459 e. The SMILES string of the molecule is O=C(Nc1ccc(N2CCN(C(=O)c3ccco3)CC2)cc1)c1ccc(-c2cccc(Cl)c2Cl)o1. The van der Waals surface area contributed by atoms with Crippen LogP contribution in [-0.4, -0.2) is 42.9 Å². The van der Waals surface area contributed by atoms with Crippen molar-refractivity contribution in [3.05, 3.63) is 94.6 Å². The summed E-state index contributed by atoms with van der Waals surface area (Å²) in [6, 6.07) is 19.5. The lowest BCUT2D eigenvalue weighted by atomic mass is 10.2. The number of piperazine rings is 1. The van der Waals surface area contributed by atoms with Gasteiger partial charge >= 0.3 is 0 Å². The number of rotatable bonds is 5. The van der Waals surface area contributed by atoms with E-state index in [-0.39, 0.29) is 17.6 Å². The number of amides is 2. The Morgan fingerprint density at radius 3 is 2.31 bits per heavy atom. The molecular formula is C26H21Cl2N3O4. The van der Waals surface area contributed by atoms with E-state index >= 15 is 0 Å².